The Morgan fingerprint density at radius 3 is 3.00 bits per heavy atom. The number of rotatable bonds is 0. The number of benzene rings is 1. The quantitative estimate of drug-likeness (QED) is 0.357. The van der Waals surface area contributed by atoms with Crippen molar-refractivity contribution < 1.29 is 13.9 Å². The van der Waals surface area contributed by atoms with Gasteiger partial charge in [0.05, 0.1) is 18.6 Å². The fourth-order valence-electron chi connectivity index (χ4n) is 1.57. The van der Waals surface area contributed by atoms with Gasteiger partial charge in [-0.1, -0.05) is 0 Å². The van der Waals surface area contributed by atoms with Gasteiger partial charge < -0.3 is 9.94 Å². The third kappa shape index (κ3) is 1.43. The van der Waals surface area contributed by atoms with Crippen LogP contribution in [0.4, 0.5) is 4.39 Å². The molecule has 1 aromatic rings. The Morgan fingerprint density at radius 2 is 2.29 bits per heavy atom. The van der Waals surface area contributed by atoms with Crippen LogP contribution in [0.5, 0.6) is 5.75 Å². The first kappa shape index (κ1) is 8.99. The van der Waals surface area contributed by atoms with Crippen molar-refractivity contribution in [1.82, 2.24) is 0 Å². The van der Waals surface area contributed by atoms with Gasteiger partial charge in [0.2, 0.25) is 5.71 Å². The Labute approximate surface area is 81.0 Å². The third-order valence-electron chi connectivity index (χ3n) is 2.23. The van der Waals surface area contributed by atoms with Crippen LogP contribution in [0.15, 0.2) is 18.2 Å². The highest BCUT2D eigenvalue weighted by atomic mass is 19.1. The average Bonchev–Trinajstić information content (AvgIpc) is 2.16. The van der Waals surface area contributed by atoms with Crippen LogP contribution in [0.1, 0.15) is 12.0 Å². The Morgan fingerprint density at radius 1 is 1.50 bits per heavy atom. The predicted molar refractivity (Wildman–Crippen MR) is 50.2 cm³/mol. The lowest BCUT2D eigenvalue weighted by atomic mass is 10.0. The topological polar surface area (TPSA) is 35.3 Å². The molecule has 1 heterocycles. The molecule has 0 saturated carbocycles. The monoisotopic (exact) mass is 195 g/mol. The lowest BCUT2D eigenvalue weighted by Gasteiger charge is -2.18. The summed E-state index contributed by atoms with van der Waals surface area (Å²) >= 11 is 0. The Balaban J connectivity index is 2.58. The summed E-state index contributed by atoms with van der Waals surface area (Å²) in [5.41, 5.74) is 1.14. The second-order valence-corrected chi connectivity index (χ2v) is 3.18. The Hall–Kier alpha value is -1.58. The van der Waals surface area contributed by atoms with Crippen molar-refractivity contribution in [3.8, 4) is 5.75 Å². The molecular weight excluding hydrogens is 185 g/mol. The Bertz CT molecular complexity index is 397. The minimum absolute atomic E-state index is 0.353. The van der Waals surface area contributed by atoms with Crippen LogP contribution in [0.2, 0.25) is 0 Å². The molecule has 0 amide bonds. The second kappa shape index (κ2) is 3.29. The molecule has 1 aliphatic rings. The molecule has 0 aliphatic carbocycles. The van der Waals surface area contributed by atoms with Crippen molar-refractivity contribution in [2.45, 2.75) is 6.42 Å². The van der Waals surface area contributed by atoms with Gasteiger partial charge in [0.25, 0.3) is 0 Å². The number of hydroxylamine groups is 1. The van der Waals surface area contributed by atoms with E-state index in [9.17, 15) is 9.60 Å². The summed E-state index contributed by atoms with van der Waals surface area (Å²) in [7, 11) is 1.41. The summed E-state index contributed by atoms with van der Waals surface area (Å²) < 4.78 is 19.0. The zero-order chi connectivity index (χ0) is 10.1. The molecule has 14 heavy (non-hydrogen) atoms. The fraction of sp³-hybridized carbons (Fsp3) is 0.300. The van der Waals surface area contributed by atoms with E-state index in [-0.39, 0.29) is 5.82 Å². The maximum Gasteiger partial charge on any atom is 0.201 e. The summed E-state index contributed by atoms with van der Waals surface area (Å²) in [5, 5.41) is 11.2. The summed E-state index contributed by atoms with van der Waals surface area (Å²) in [5.74, 6) is 0.226. The van der Waals surface area contributed by atoms with Crippen molar-refractivity contribution in [2.75, 3.05) is 13.7 Å². The van der Waals surface area contributed by atoms with Crippen molar-refractivity contribution in [3.05, 3.63) is 34.8 Å². The van der Waals surface area contributed by atoms with Gasteiger partial charge in [-0.05, 0) is 18.2 Å². The highest BCUT2D eigenvalue weighted by Crippen LogP contribution is 2.25. The van der Waals surface area contributed by atoms with Crippen LogP contribution in [0.3, 0.4) is 0 Å². The largest absolute Gasteiger partial charge is 0.624 e. The third-order valence-corrected chi connectivity index (χ3v) is 2.23. The SMILES string of the molecule is C/[N+]([O-])=C1/CCOc2ccc(F)cc21. The molecule has 0 fully saturated rings. The van der Waals surface area contributed by atoms with Crippen LogP contribution in [0.25, 0.3) is 0 Å². The van der Waals surface area contributed by atoms with Gasteiger partial charge in [0, 0.05) is 0 Å². The number of hydrogen-bond acceptors (Lipinski definition) is 2. The van der Waals surface area contributed by atoms with E-state index in [1.165, 1.54) is 19.2 Å². The average molecular weight is 195 g/mol. The molecule has 0 N–H and O–H groups in total. The highest BCUT2D eigenvalue weighted by molar-refractivity contribution is 6.00. The number of halogens is 1. The molecule has 0 radical (unpaired) electrons. The molecule has 0 bridgehead atoms. The molecule has 0 aromatic heterocycles. The van der Waals surface area contributed by atoms with Gasteiger partial charge in [-0.25, -0.2) is 9.13 Å². The van der Waals surface area contributed by atoms with E-state index in [1.807, 2.05) is 0 Å². The normalized spacial score (nSPS) is 18.4. The van der Waals surface area contributed by atoms with Crippen molar-refractivity contribution in [3.63, 3.8) is 0 Å². The molecule has 0 unspecified atom stereocenters. The van der Waals surface area contributed by atoms with Gasteiger partial charge in [-0.3, -0.25) is 0 Å². The zero-order valence-electron chi connectivity index (χ0n) is 7.79. The summed E-state index contributed by atoms with van der Waals surface area (Å²) in [6.45, 7) is 0.473. The van der Waals surface area contributed by atoms with E-state index in [0.29, 0.717) is 30.1 Å². The van der Waals surface area contributed by atoms with Crippen molar-refractivity contribution >= 4 is 5.71 Å². The highest BCUT2D eigenvalue weighted by Gasteiger charge is 2.22. The number of fused-ring (bicyclic) bond motifs is 1. The summed E-state index contributed by atoms with van der Waals surface area (Å²) in [6, 6.07) is 4.21. The maximum absolute atomic E-state index is 12.9. The molecule has 3 nitrogen and oxygen atoms in total. The first-order chi connectivity index (χ1) is 6.68. The van der Waals surface area contributed by atoms with Gasteiger partial charge in [0.1, 0.15) is 18.6 Å². The molecule has 2 rings (SSSR count). The first-order valence-electron chi connectivity index (χ1n) is 4.38. The van der Waals surface area contributed by atoms with Gasteiger partial charge >= 0.3 is 0 Å². The van der Waals surface area contributed by atoms with E-state index in [1.54, 1.807) is 6.07 Å². The molecule has 1 aliphatic heterocycles. The fourth-order valence-corrected chi connectivity index (χ4v) is 1.57. The maximum atomic E-state index is 12.9. The van der Waals surface area contributed by atoms with Gasteiger partial charge in [0.15, 0.2) is 0 Å². The van der Waals surface area contributed by atoms with Crippen LogP contribution in [-0.4, -0.2) is 24.1 Å². The molecule has 1 aromatic carbocycles. The van der Waals surface area contributed by atoms with Crippen LogP contribution >= 0.6 is 0 Å². The predicted octanol–water partition coefficient (Wildman–Crippen LogP) is 1.54. The van der Waals surface area contributed by atoms with E-state index < -0.39 is 0 Å². The van der Waals surface area contributed by atoms with E-state index in [4.69, 9.17) is 4.74 Å². The Kier molecular flexibility index (Phi) is 2.11. The summed E-state index contributed by atoms with van der Waals surface area (Å²) in [6.07, 6.45) is 0.524. The number of ether oxygens (including phenoxy) is 1. The molecular formula is C10H10FNO2. The first-order valence-corrected chi connectivity index (χ1v) is 4.38. The lowest BCUT2D eigenvalue weighted by molar-refractivity contribution is -0.423. The smallest absolute Gasteiger partial charge is 0.201 e. The lowest BCUT2D eigenvalue weighted by Crippen LogP contribution is -2.22. The molecule has 0 saturated heterocycles. The summed E-state index contributed by atoms with van der Waals surface area (Å²) in [4.78, 5) is 0. The van der Waals surface area contributed by atoms with Crippen LogP contribution in [-0.2, 0) is 0 Å². The molecule has 0 atom stereocenters. The minimum atomic E-state index is -0.353. The number of nitrogens with zero attached hydrogens (tertiary/aromatic N) is 1. The standard InChI is InChI=1S/C10H10FNO2/c1-12(13)9-4-5-14-10-3-2-7(11)6-8(9)10/h2-3,6H,4-5H2,1H3/b12-9+. The van der Waals surface area contributed by atoms with Crippen LogP contribution < -0.4 is 4.74 Å². The molecule has 0 spiro atoms. The van der Waals surface area contributed by atoms with E-state index >= 15 is 0 Å². The van der Waals surface area contributed by atoms with Crippen LogP contribution in [0, 0.1) is 11.0 Å². The van der Waals surface area contributed by atoms with E-state index in [0.717, 1.165) is 4.74 Å². The van der Waals surface area contributed by atoms with Crippen molar-refractivity contribution in [1.29, 1.82) is 0 Å². The second-order valence-electron chi connectivity index (χ2n) is 3.18. The molecule has 4 heteroatoms. The van der Waals surface area contributed by atoms with Crippen molar-refractivity contribution in [2.24, 2.45) is 0 Å². The van der Waals surface area contributed by atoms with Gasteiger partial charge in [-0.15, -0.1) is 0 Å². The zero-order valence-corrected chi connectivity index (χ0v) is 7.79. The number of hydrogen-bond donors (Lipinski definition) is 0. The molecule has 74 valence electrons. The minimum Gasteiger partial charge on any atom is -0.624 e. The van der Waals surface area contributed by atoms with E-state index in [2.05, 4.69) is 0 Å². The van der Waals surface area contributed by atoms with Gasteiger partial charge in [-0.2, -0.15) is 0 Å².